The second-order valence-electron chi connectivity index (χ2n) is 6.98. The monoisotopic (exact) mass is 359 g/mol. The predicted octanol–water partition coefficient (Wildman–Crippen LogP) is 3.67. The van der Waals surface area contributed by atoms with Crippen molar-refractivity contribution < 1.29 is 9.21 Å². The Morgan fingerprint density at radius 1 is 1.20 bits per heavy atom. The first-order chi connectivity index (χ1) is 12.0. The fourth-order valence-electron chi connectivity index (χ4n) is 3.55. The summed E-state index contributed by atoms with van der Waals surface area (Å²) in [5.41, 5.74) is 6.95. The summed E-state index contributed by atoms with van der Waals surface area (Å²) in [5.74, 6) is 1.21. The normalized spacial score (nSPS) is 23.2. The number of fused-ring (bicyclic) bond motifs is 1. The molecule has 134 valence electrons. The maximum absolute atomic E-state index is 12.4. The summed E-state index contributed by atoms with van der Waals surface area (Å²) in [6.45, 7) is 6.41. The van der Waals surface area contributed by atoms with E-state index in [-0.39, 0.29) is 5.91 Å². The molecular formula is C19H25N3O2S. The Morgan fingerprint density at radius 3 is 2.72 bits per heavy atom. The number of benzene rings is 1. The number of carbonyl (C=O) groups excluding carboxylic acids is 1. The molecule has 5 nitrogen and oxygen atoms in total. The first-order valence-corrected chi connectivity index (χ1v) is 9.23. The van der Waals surface area contributed by atoms with Crippen molar-refractivity contribution in [3.05, 3.63) is 35.6 Å². The van der Waals surface area contributed by atoms with Gasteiger partial charge in [-0.05, 0) is 43.5 Å². The molecule has 0 radical (unpaired) electrons. The molecule has 1 saturated carbocycles. The van der Waals surface area contributed by atoms with E-state index in [4.69, 9.17) is 16.6 Å². The summed E-state index contributed by atoms with van der Waals surface area (Å²) in [6, 6.07) is 7.95. The van der Waals surface area contributed by atoms with Crippen molar-refractivity contribution in [1.29, 1.82) is 0 Å². The van der Waals surface area contributed by atoms with Crippen LogP contribution >= 0.6 is 12.2 Å². The van der Waals surface area contributed by atoms with Gasteiger partial charge in [-0.2, -0.15) is 0 Å². The van der Waals surface area contributed by atoms with Gasteiger partial charge in [0.05, 0.1) is 0 Å². The van der Waals surface area contributed by atoms with Crippen LogP contribution in [0.3, 0.4) is 0 Å². The van der Waals surface area contributed by atoms with E-state index in [2.05, 4.69) is 30.0 Å². The van der Waals surface area contributed by atoms with E-state index in [1.807, 2.05) is 31.2 Å². The van der Waals surface area contributed by atoms with Crippen molar-refractivity contribution in [2.24, 2.45) is 11.8 Å². The molecule has 2 aromatic rings. The van der Waals surface area contributed by atoms with Crippen molar-refractivity contribution in [1.82, 2.24) is 16.2 Å². The van der Waals surface area contributed by atoms with Crippen molar-refractivity contribution >= 4 is 34.2 Å². The molecule has 1 aliphatic rings. The third-order valence-corrected chi connectivity index (χ3v) is 5.58. The van der Waals surface area contributed by atoms with Crippen molar-refractivity contribution in [3.8, 4) is 0 Å². The molecule has 1 aromatic heterocycles. The van der Waals surface area contributed by atoms with Gasteiger partial charge in [-0.15, -0.1) is 0 Å². The lowest BCUT2D eigenvalue weighted by Gasteiger charge is -2.35. The summed E-state index contributed by atoms with van der Waals surface area (Å²) >= 11 is 5.32. The van der Waals surface area contributed by atoms with E-state index in [0.29, 0.717) is 34.3 Å². The lowest BCUT2D eigenvalue weighted by Crippen LogP contribution is -2.52. The van der Waals surface area contributed by atoms with Gasteiger partial charge >= 0.3 is 5.91 Å². The molecule has 0 aliphatic heterocycles. The fourth-order valence-corrected chi connectivity index (χ4v) is 3.75. The smallest absolute Gasteiger partial charge is 0.305 e. The summed E-state index contributed by atoms with van der Waals surface area (Å²) in [7, 11) is 0. The molecule has 0 bridgehead atoms. The highest BCUT2D eigenvalue weighted by molar-refractivity contribution is 7.80. The summed E-state index contributed by atoms with van der Waals surface area (Å²) in [5, 5.41) is 4.70. The molecule has 1 heterocycles. The van der Waals surface area contributed by atoms with Gasteiger partial charge in [0.1, 0.15) is 5.58 Å². The highest BCUT2D eigenvalue weighted by Crippen LogP contribution is 2.29. The largest absolute Gasteiger partial charge is 0.451 e. The fraction of sp³-hybridized carbons (Fsp3) is 0.474. The number of aryl methyl sites for hydroxylation is 1. The first kappa shape index (κ1) is 17.7. The molecular weight excluding hydrogens is 334 g/mol. The highest BCUT2D eigenvalue weighted by atomic mass is 32.1. The molecule has 0 saturated heterocycles. The molecule has 6 heteroatoms. The zero-order valence-corrected chi connectivity index (χ0v) is 15.7. The van der Waals surface area contributed by atoms with Crippen LogP contribution in [-0.4, -0.2) is 17.1 Å². The van der Waals surface area contributed by atoms with Crippen LogP contribution in [0.25, 0.3) is 11.0 Å². The predicted molar refractivity (Wildman–Crippen MR) is 103 cm³/mol. The summed E-state index contributed by atoms with van der Waals surface area (Å²) in [6.07, 6.45) is 3.57. The van der Waals surface area contributed by atoms with Crippen LogP contribution in [0.5, 0.6) is 0 Å². The minimum absolute atomic E-state index is 0.302. The zero-order valence-electron chi connectivity index (χ0n) is 14.9. The van der Waals surface area contributed by atoms with Crippen LogP contribution < -0.4 is 16.2 Å². The highest BCUT2D eigenvalue weighted by Gasteiger charge is 2.27. The second-order valence-corrected chi connectivity index (χ2v) is 7.39. The molecule has 1 fully saturated rings. The average molecular weight is 359 g/mol. The first-order valence-electron chi connectivity index (χ1n) is 8.82. The second kappa shape index (κ2) is 7.44. The van der Waals surface area contributed by atoms with Crippen LogP contribution in [0, 0.1) is 18.8 Å². The number of thiocarbonyl (C=S) groups is 1. The van der Waals surface area contributed by atoms with Crippen LogP contribution in [0.2, 0.25) is 0 Å². The van der Waals surface area contributed by atoms with Crippen molar-refractivity contribution in [3.63, 3.8) is 0 Å². The third kappa shape index (κ3) is 3.79. The Bertz CT molecular complexity index is 786. The SMILES string of the molecule is Cc1c(C(=O)NNC(=S)N[C@H]2CCC[C@@H](C)[C@@H]2C)oc2ccccc12. The van der Waals surface area contributed by atoms with E-state index in [1.54, 1.807) is 0 Å². The minimum atomic E-state index is -0.331. The number of nitrogens with one attached hydrogen (secondary N) is 3. The van der Waals surface area contributed by atoms with Gasteiger partial charge in [-0.3, -0.25) is 15.6 Å². The molecule has 1 amide bonds. The van der Waals surface area contributed by atoms with Gasteiger partial charge in [0.25, 0.3) is 0 Å². The van der Waals surface area contributed by atoms with Gasteiger partial charge in [-0.25, -0.2) is 0 Å². The van der Waals surface area contributed by atoms with Crippen molar-refractivity contribution in [2.75, 3.05) is 0 Å². The lowest BCUT2D eigenvalue weighted by molar-refractivity contribution is 0.0916. The standard InChI is InChI=1S/C19H25N3O2S/c1-11-7-6-9-15(12(11)2)20-19(25)22-21-18(23)17-13(3)14-8-4-5-10-16(14)24-17/h4-5,8,10-12,15H,6-7,9H2,1-3H3,(H,21,23)(H2,20,22,25)/t11-,12+,15+/m1/s1. The molecule has 1 aromatic carbocycles. The number of hydrogen-bond acceptors (Lipinski definition) is 3. The molecule has 3 N–H and O–H groups in total. The Balaban J connectivity index is 1.58. The lowest BCUT2D eigenvalue weighted by atomic mass is 9.78. The maximum Gasteiger partial charge on any atom is 0.305 e. The number of hydrogen-bond donors (Lipinski definition) is 3. The molecule has 0 unspecified atom stereocenters. The number of rotatable bonds is 2. The minimum Gasteiger partial charge on any atom is -0.451 e. The zero-order chi connectivity index (χ0) is 18.0. The van der Waals surface area contributed by atoms with E-state index in [9.17, 15) is 4.79 Å². The Hall–Kier alpha value is -2.08. The molecule has 1 aliphatic carbocycles. The molecule has 3 atom stereocenters. The van der Waals surface area contributed by atoms with Crippen LogP contribution in [0.1, 0.15) is 49.2 Å². The third-order valence-electron chi connectivity index (χ3n) is 5.36. The van der Waals surface area contributed by atoms with Crippen LogP contribution in [0.15, 0.2) is 28.7 Å². The van der Waals surface area contributed by atoms with Gasteiger partial charge in [-0.1, -0.05) is 44.9 Å². The van der Waals surface area contributed by atoms with Gasteiger partial charge in [0, 0.05) is 17.0 Å². The quantitative estimate of drug-likeness (QED) is 0.564. The van der Waals surface area contributed by atoms with E-state index in [0.717, 1.165) is 17.4 Å². The van der Waals surface area contributed by atoms with E-state index >= 15 is 0 Å². The van der Waals surface area contributed by atoms with Gasteiger partial charge < -0.3 is 9.73 Å². The Labute approximate surface area is 153 Å². The molecule has 3 rings (SSSR count). The van der Waals surface area contributed by atoms with Gasteiger partial charge in [0.2, 0.25) is 0 Å². The van der Waals surface area contributed by atoms with Gasteiger partial charge in [0.15, 0.2) is 10.9 Å². The summed E-state index contributed by atoms with van der Waals surface area (Å²) < 4.78 is 5.66. The topological polar surface area (TPSA) is 66.3 Å². The van der Waals surface area contributed by atoms with Crippen LogP contribution in [-0.2, 0) is 0 Å². The van der Waals surface area contributed by atoms with Crippen LogP contribution in [0.4, 0.5) is 0 Å². The number of amides is 1. The van der Waals surface area contributed by atoms with Crippen molar-refractivity contribution in [2.45, 2.75) is 46.1 Å². The summed E-state index contributed by atoms with van der Waals surface area (Å²) in [4.78, 5) is 12.4. The number of hydrazine groups is 1. The number of para-hydroxylation sites is 1. The molecule has 0 spiro atoms. The number of carbonyl (C=O) groups is 1. The average Bonchev–Trinajstić information content (AvgIpc) is 2.94. The maximum atomic E-state index is 12.4. The van der Waals surface area contributed by atoms with E-state index in [1.165, 1.54) is 12.8 Å². The number of furan rings is 1. The Kier molecular flexibility index (Phi) is 5.27. The van der Waals surface area contributed by atoms with E-state index < -0.39 is 0 Å². The molecule has 25 heavy (non-hydrogen) atoms. The Morgan fingerprint density at radius 2 is 1.96 bits per heavy atom.